The number of ketones is 1. The van der Waals surface area contributed by atoms with Crippen molar-refractivity contribution in [1.29, 1.82) is 0 Å². The predicted octanol–water partition coefficient (Wildman–Crippen LogP) is 3.28. The van der Waals surface area contributed by atoms with Gasteiger partial charge in [0.25, 0.3) is 0 Å². The fourth-order valence-corrected chi connectivity index (χ4v) is 1.69. The summed E-state index contributed by atoms with van der Waals surface area (Å²) in [5.41, 5.74) is -0.681. The molecule has 0 radical (unpaired) electrons. The number of Topliss-reactive ketones (excluding diaryl/α,β-unsaturated/α-hetero) is 1. The van der Waals surface area contributed by atoms with Gasteiger partial charge in [0.15, 0.2) is 5.78 Å². The highest BCUT2D eigenvalue weighted by Gasteiger charge is 2.30. The van der Waals surface area contributed by atoms with Crippen LogP contribution in [0.1, 0.15) is 36.2 Å². The molecule has 1 aromatic carbocycles. The quantitative estimate of drug-likeness (QED) is 0.822. The molecule has 18 heavy (non-hydrogen) atoms. The number of nitrogens with one attached hydrogen (secondary N) is 1. The van der Waals surface area contributed by atoms with Gasteiger partial charge in [0.05, 0.1) is 5.56 Å². The van der Waals surface area contributed by atoms with Crippen LogP contribution in [0.2, 0.25) is 0 Å². The minimum Gasteiger partial charge on any atom is -0.314 e. The van der Waals surface area contributed by atoms with Crippen molar-refractivity contribution in [3.63, 3.8) is 0 Å². The van der Waals surface area contributed by atoms with Gasteiger partial charge in [-0.3, -0.25) is 4.79 Å². The second kappa shape index (κ2) is 6.00. The van der Waals surface area contributed by atoms with Crippen LogP contribution in [-0.4, -0.2) is 18.4 Å². The third-order valence-electron chi connectivity index (χ3n) is 2.56. The van der Waals surface area contributed by atoms with Crippen LogP contribution in [-0.2, 0) is 6.18 Å². The van der Waals surface area contributed by atoms with Crippen molar-refractivity contribution in [3.8, 4) is 0 Å². The molecule has 0 aliphatic carbocycles. The first-order valence-corrected chi connectivity index (χ1v) is 5.78. The molecule has 0 heterocycles. The zero-order valence-electron chi connectivity index (χ0n) is 10.3. The van der Waals surface area contributed by atoms with Crippen LogP contribution in [0.25, 0.3) is 0 Å². The first-order chi connectivity index (χ1) is 8.34. The van der Waals surface area contributed by atoms with E-state index in [0.29, 0.717) is 0 Å². The van der Waals surface area contributed by atoms with Crippen LogP contribution < -0.4 is 5.32 Å². The Morgan fingerprint density at radius 3 is 2.61 bits per heavy atom. The Morgan fingerprint density at radius 2 is 2.06 bits per heavy atom. The monoisotopic (exact) mass is 259 g/mol. The van der Waals surface area contributed by atoms with Gasteiger partial charge in [-0.25, -0.2) is 0 Å². The van der Waals surface area contributed by atoms with E-state index in [-0.39, 0.29) is 23.8 Å². The molecule has 1 N–H and O–H groups in total. The molecular weight excluding hydrogens is 243 g/mol. The molecule has 100 valence electrons. The number of alkyl halides is 3. The Bertz CT molecular complexity index is 415. The molecule has 0 fully saturated rings. The predicted molar refractivity (Wildman–Crippen MR) is 63.5 cm³/mol. The van der Waals surface area contributed by atoms with Crippen molar-refractivity contribution < 1.29 is 18.0 Å². The minimum atomic E-state index is -4.41. The summed E-state index contributed by atoms with van der Waals surface area (Å²) in [6.07, 6.45) is -4.22. The number of rotatable bonds is 5. The Morgan fingerprint density at radius 1 is 1.39 bits per heavy atom. The van der Waals surface area contributed by atoms with Crippen molar-refractivity contribution in [1.82, 2.24) is 5.32 Å². The highest BCUT2D eigenvalue weighted by atomic mass is 19.4. The van der Waals surface area contributed by atoms with E-state index in [1.165, 1.54) is 12.1 Å². The molecule has 0 aliphatic heterocycles. The normalized spacial score (nSPS) is 13.4. The molecule has 0 bridgehead atoms. The number of carbonyl (C=O) groups is 1. The van der Waals surface area contributed by atoms with Crippen molar-refractivity contribution in [3.05, 3.63) is 35.4 Å². The first-order valence-electron chi connectivity index (χ1n) is 5.78. The SMILES string of the molecule is CCNC(C)CC(=O)c1cccc(C(F)(F)F)c1. The number of hydrogen-bond acceptors (Lipinski definition) is 2. The molecule has 1 unspecified atom stereocenters. The van der Waals surface area contributed by atoms with Gasteiger partial charge in [0, 0.05) is 18.0 Å². The van der Waals surface area contributed by atoms with Gasteiger partial charge in [0.1, 0.15) is 0 Å². The topological polar surface area (TPSA) is 29.1 Å². The highest BCUT2D eigenvalue weighted by Crippen LogP contribution is 2.29. The fourth-order valence-electron chi connectivity index (χ4n) is 1.69. The third kappa shape index (κ3) is 4.14. The summed E-state index contributed by atoms with van der Waals surface area (Å²) in [6, 6.07) is 4.49. The summed E-state index contributed by atoms with van der Waals surface area (Å²) in [6.45, 7) is 4.46. The molecule has 0 amide bonds. The summed E-state index contributed by atoms with van der Waals surface area (Å²) in [5, 5.41) is 3.05. The lowest BCUT2D eigenvalue weighted by Crippen LogP contribution is -2.28. The summed E-state index contributed by atoms with van der Waals surface area (Å²) < 4.78 is 37.5. The standard InChI is InChI=1S/C13H16F3NO/c1-3-17-9(2)7-12(18)10-5-4-6-11(8-10)13(14,15)16/h4-6,8-9,17H,3,7H2,1-2H3. The van der Waals surface area contributed by atoms with Crippen molar-refractivity contribution in [2.24, 2.45) is 0 Å². The molecule has 1 rings (SSSR count). The number of hydrogen-bond donors (Lipinski definition) is 1. The molecule has 1 atom stereocenters. The van der Waals surface area contributed by atoms with E-state index in [1.54, 1.807) is 0 Å². The minimum absolute atomic E-state index is 0.0444. The molecule has 1 aromatic rings. The lowest BCUT2D eigenvalue weighted by atomic mass is 10.0. The maximum atomic E-state index is 12.5. The number of carbonyl (C=O) groups excluding carboxylic acids is 1. The van der Waals surface area contributed by atoms with Gasteiger partial charge in [-0.05, 0) is 25.6 Å². The lowest BCUT2D eigenvalue weighted by molar-refractivity contribution is -0.137. The second-order valence-electron chi connectivity index (χ2n) is 4.16. The van der Waals surface area contributed by atoms with Crippen LogP contribution in [0, 0.1) is 0 Å². The Balaban J connectivity index is 2.81. The maximum absolute atomic E-state index is 12.5. The maximum Gasteiger partial charge on any atom is 0.416 e. The van der Waals surface area contributed by atoms with Gasteiger partial charge in [0.2, 0.25) is 0 Å². The van der Waals surface area contributed by atoms with Gasteiger partial charge >= 0.3 is 6.18 Å². The molecule has 5 heteroatoms. The zero-order chi connectivity index (χ0) is 13.8. The second-order valence-corrected chi connectivity index (χ2v) is 4.16. The van der Waals surface area contributed by atoms with Crippen LogP contribution in [0.15, 0.2) is 24.3 Å². The van der Waals surface area contributed by atoms with Gasteiger partial charge in [-0.1, -0.05) is 19.1 Å². The molecule has 0 spiro atoms. The largest absolute Gasteiger partial charge is 0.416 e. The van der Waals surface area contributed by atoms with E-state index in [4.69, 9.17) is 0 Å². The lowest BCUT2D eigenvalue weighted by Gasteiger charge is -2.12. The fraction of sp³-hybridized carbons (Fsp3) is 0.462. The van der Waals surface area contributed by atoms with E-state index < -0.39 is 11.7 Å². The zero-order valence-corrected chi connectivity index (χ0v) is 10.3. The molecule has 0 saturated carbocycles. The van der Waals surface area contributed by atoms with Gasteiger partial charge in [-0.15, -0.1) is 0 Å². The van der Waals surface area contributed by atoms with E-state index >= 15 is 0 Å². The Labute approximate surface area is 104 Å². The third-order valence-corrected chi connectivity index (χ3v) is 2.56. The molecule has 0 saturated heterocycles. The average molecular weight is 259 g/mol. The molecule has 0 aliphatic rings. The van der Waals surface area contributed by atoms with Crippen molar-refractivity contribution in [2.75, 3.05) is 6.54 Å². The first kappa shape index (κ1) is 14.7. The molecular formula is C13H16F3NO. The van der Waals surface area contributed by atoms with Crippen LogP contribution >= 0.6 is 0 Å². The Hall–Kier alpha value is -1.36. The smallest absolute Gasteiger partial charge is 0.314 e. The van der Waals surface area contributed by atoms with E-state index in [0.717, 1.165) is 18.7 Å². The average Bonchev–Trinajstić information content (AvgIpc) is 2.28. The van der Waals surface area contributed by atoms with Crippen molar-refractivity contribution in [2.45, 2.75) is 32.5 Å². The molecule has 2 nitrogen and oxygen atoms in total. The van der Waals surface area contributed by atoms with E-state index in [2.05, 4.69) is 5.32 Å². The van der Waals surface area contributed by atoms with E-state index in [1.807, 2.05) is 13.8 Å². The molecule has 0 aromatic heterocycles. The highest BCUT2D eigenvalue weighted by molar-refractivity contribution is 5.96. The van der Waals surface area contributed by atoms with Crippen LogP contribution in [0.5, 0.6) is 0 Å². The van der Waals surface area contributed by atoms with Gasteiger partial charge < -0.3 is 5.32 Å². The van der Waals surface area contributed by atoms with Crippen LogP contribution in [0.4, 0.5) is 13.2 Å². The number of halogens is 3. The van der Waals surface area contributed by atoms with Gasteiger partial charge in [-0.2, -0.15) is 13.2 Å². The summed E-state index contributed by atoms with van der Waals surface area (Å²) in [7, 11) is 0. The number of benzene rings is 1. The van der Waals surface area contributed by atoms with Crippen molar-refractivity contribution >= 4 is 5.78 Å². The summed E-state index contributed by atoms with van der Waals surface area (Å²) >= 11 is 0. The van der Waals surface area contributed by atoms with E-state index in [9.17, 15) is 18.0 Å². The summed E-state index contributed by atoms with van der Waals surface area (Å²) in [5.74, 6) is -0.283. The van der Waals surface area contributed by atoms with Crippen LogP contribution in [0.3, 0.4) is 0 Å². The Kier molecular flexibility index (Phi) is 4.90. The summed E-state index contributed by atoms with van der Waals surface area (Å²) in [4.78, 5) is 11.8.